The number of rotatable bonds is 6. The van der Waals surface area contributed by atoms with Gasteiger partial charge >= 0.3 is 5.97 Å². The van der Waals surface area contributed by atoms with Crippen molar-refractivity contribution < 1.29 is 9.53 Å². The van der Waals surface area contributed by atoms with E-state index < -0.39 is 0 Å². The summed E-state index contributed by atoms with van der Waals surface area (Å²) in [4.78, 5) is 20.6. The molecule has 0 saturated carbocycles. The predicted octanol–water partition coefficient (Wildman–Crippen LogP) is 3.38. The molecule has 2 aromatic carbocycles. The van der Waals surface area contributed by atoms with Crippen molar-refractivity contribution in [2.45, 2.75) is 13.3 Å². The van der Waals surface area contributed by atoms with Gasteiger partial charge in [-0.2, -0.15) is 0 Å². The third-order valence-corrected chi connectivity index (χ3v) is 4.13. The molecule has 5 heteroatoms. The zero-order valence-corrected chi connectivity index (χ0v) is 14.4. The van der Waals surface area contributed by atoms with Gasteiger partial charge in [0, 0.05) is 18.4 Å². The van der Waals surface area contributed by atoms with E-state index in [2.05, 4.69) is 45.6 Å². The second kappa shape index (κ2) is 7.75. The fourth-order valence-corrected chi connectivity index (χ4v) is 2.80. The number of esters is 1. The van der Waals surface area contributed by atoms with Crippen molar-refractivity contribution >= 4 is 22.7 Å². The molecule has 1 heterocycles. The van der Waals surface area contributed by atoms with Crippen molar-refractivity contribution in [3.8, 4) is 0 Å². The average molecular weight is 335 g/mol. The van der Waals surface area contributed by atoms with Crippen LogP contribution in [0.15, 0.2) is 54.7 Å². The third kappa shape index (κ3) is 4.32. The molecule has 0 radical (unpaired) electrons. The van der Waals surface area contributed by atoms with Crippen LogP contribution < -0.4 is 5.32 Å². The smallest absolute Gasteiger partial charge is 0.310 e. The minimum Gasteiger partial charge on any atom is -0.469 e. The van der Waals surface area contributed by atoms with Gasteiger partial charge in [0.25, 0.3) is 0 Å². The molecule has 0 aliphatic heterocycles. The molecule has 0 aliphatic rings. The van der Waals surface area contributed by atoms with E-state index in [0.29, 0.717) is 18.9 Å². The minimum atomic E-state index is -0.310. The molecule has 5 nitrogen and oxygen atoms in total. The summed E-state index contributed by atoms with van der Waals surface area (Å²) >= 11 is 0. The highest BCUT2D eigenvalue weighted by Crippen LogP contribution is 2.19. The molecule has 0 saturated heterocycles. The van der Waals surface area contributed by atoms with Crippen molar-refractivity contribution in [3.05, 3.63) is 66.0 Å². The van der Waals surface area contributed by atoms with Gasteiger partial charge in [-0.05, 0) is 35.7 Å². The Morgan fingerprint density at radius 2 is 1.96 bits per heavy atom. The van der Waals surface area contributed by atoms with E-state index in [-0.39, 0.29) is 11.9 Å². The molecule has 1 N–H and O–H groups in total. The normalized spacial score (nSPS) is 11.9. The molecule has 0 fully saturated rings. The van der Waals surface area contributed by atoms with E-state index in [9.17, 15) is 4.79 Å². The fraction of sp³-hybridized carbons (Fsp3) is 0.250. The number of hydrogen-bond acceptors (Lipinski definition) is 5. The number of carbonyl (C=O) groups excluding carboxylic acids is 1. The number of aromatic nitrogens is 2. The van der Waals surface area contributed by atoms with Crippen LogP contribution in [0.25, 0.3) is 10.8 Å². The number of nitrogens with zero attached hydrogens (tertiary/aromatic N) is 2. The Kier molecular flexibility index (Phi) is 5.23. The van der Waals surface area contributed by atoms with Crippen LogP contribution >= 0.6 is 0 Å². The van der Waals surface area contributed by atoms with Crippen LogP contribution in [0.3, 0.4) is 0 Å². The minimum absolute atomic E-state index is 0.242. The van der Waals surface area contributed by atoms with Crippen molar-refractivity contribution in [1.82, 2.24) is 9.97 Å². The van der Waals surface area contributed by atoms with Crippen molar-refractivity contribution in [2.24, 2.45) is 5.92 Å². The average Bonchev–Trinajstić information content (AvgIpc) is 2.64. The molecule has 0 spiro atoms. The van der Waals surface area contributed by atoms with Crippen molar-refractivity contribution in [1.29, 1.82) is 0 Å². The first-order chi connectivity index (χ1) is 12.2. The van der Waals surface area contributed by atoms with Gasteiger partial charge in [-0.25, -0.2) is 9.97 Å². The lowest BCUT2D eigenvalue weighted by atomic mass is 9.97. The monoisotopic (exact) mass is 335 g/mol. The molecule has 25 heavy (non-hydrogen) atoms. The summed E-state index contributed by atoms with van der Waals surface area (Å²) in [5.41, 5.74) is 1.97. The predicted molar refractivity (Wildman–Crippen MR) is 98.4 cm³/mol. The van der Waals surface area contributed by atoms with Gasteiger partial charge < -0.3 is 10.1 Å². The first kappa shape index (κ1) is 16.9. The second-order valence-electron chi connectivity index (χ2n) is 6.01. The topological polar surface area (TPSA) is 64.1 Å². The lowest BCUT2D eigenvalue weighted by molar-refractivity contribution is -0.144. The van der Waals surface area contributed by atoms with Crippen LogP contribution in [-0.2, 0) is 16.0 Å². The van der Waals surface area contributed by atoms with E-state index in [4.69, 9.17) is 4.74 Å². The Morgan fingerprint density at radius 1 is 1.16 bits per heavy atom. The highest BCUT2D eigenvalue weighted by molar-refractivity contribution is 5.83. The zero-order valence-electron chi connectivity index (χ0n) is 14.4. The van der Waals surface area contributed by atoms with Gasteiger partial charge in [0.15, 0.2) is 0 Å². The number of methoxy groups -OCH3 is 1. The molecule has 0 bridgehead atoms. The molecule has 3 aromatic rings. The summed E-state index contributed by atoms with van der Waals surface area (Å²) < 4.78 is 4.96. The zero-order chi connectivity index (χ0) is 17.6. The number of nitrogens with one attached hydrogen (secondary N) is 1. The van der Waals surface area contributed by atoms with Gasteiger partial charge in [-0.15, -0.1) is 0 Å². The second-order valence-corrected chi connectivity index (χ2v) is 6.01. The van der Waals surface area contributed by atoms with Gasteiger partial charge in [0.2, 0.25) is 5.95 Å². The summed E-state index contributed by atoms with van der Waals surface area (Å²) in [6.45, 7) is 2.32. The van der Waals surface area contributed by atoms with Gasteiger partial charge in [0.05, 0.1) is 13.0 Å². The first-order valence-electron chi connectivity index (χ1n) is 8.25. The molecule has 0 aliphatic carbocycles. The molecule has 1 unspecified atom stereocenters. The molecular formula is C20H21N3O2. The number of benzene rings is 2. The van der Waals surface area contributed by atoms with Crippen LogP contribution in [0.5, 0.6) is 0 Å². The van der Waals surface area contributed by atoms with Crippen LogP contribution in [0, 0.1) is 12.8 Å². The van der Waals surface area contributed by atoms with Crippen LogP contribution in [0.2, 0.25) is 0 Å². The van der Waals surface area contributed by atoms with Gasteiger partial charge in [0.1, 0.15) is 0 Å². The summed E-state index contributed by atoms with van der Waals surface area (Å²) in [6.07, 6.45) is 2.29. The van der Waals surface area contributed by atoms with Crippen molar-refractivity contribution in [3.63, 3.8) is 0 Å². The highest BCUT2D eigenvalue weighted by atomic mass is 16.5. The first-order valence-corrected chi connectivity index (χ1v) is 8.25. The quantitative estimate of drug-likeness (QED) is 0.700. The number of hydrogen-bond donors (Lipinski definition) is 1. The molecular weight excluding hydrogens is 314 g/mol. The Balaban J connectivity index is 1.74. The largest absolute Gasteiger partial charge is 0.469 e. The summed E-state index contributed by atoms with van der Waals surface area (Å²) in [5, 5.41) is 5.49. The maximum atomic E-state index is 12.2. The Bertz CT molecular complexity index is 879. The Labute approximate surface area is 147 Å². The van der Waals surface area contributed by atoms with E-state index in [1.165, 1.54) is 17.9 Å². The highest BCUT2D eigenvalue weighted by Gasteiger charge is 2.20. The van der Waals surface area contributed by atoms with E-state index >= 15 is 0 Å². The summed E-state index contributed by atoms with van der Waals surface area (Å²) in [6, 6.07) is 16.3. The van der Waals surface area contributed by atoms with E-state index in [0.717, 1.165) is 11.3 Å². The number of ether oxygens (including phenoxy) is 1. The van der Waals surface area contributed by atoms with Gasteiger partial charge in [-0.1, -0.05) is 42.5 Å². The van der Waals surface area contributed by atoms with E-state index in [1.54, 1.807) is 6.20 Å². The third-order valence-electron chi connectivity index (χ3n) is 4.13. The van der Waals surface area contributed by atoms with Crippen LogP contribution in [-0.4, -0.2) is 29.6 Å². The molecule has 128 valence electrons. The SMILES string of the molecule is COC(=O)C(CNc1nccc(C)n1)Cc1ccc2ccccc2c1. The number of anilines is 1. The van der Waals surface area contributed by atoms with Crippen molar-refractivity contribution in [2.75, 3.05) is 19.0 Å². The number of aryl methyl sites for hydroxylation is 1. The lowest BCUT2D eigenvalue weighted by Gasteiger charge is -2.16. The van der Waals surface area contributed by atoms with Crippen LogP contribution in [0.1, 0.15) is 11.3 Å². The molecule has 3 rings (SSSR count). The fourth-order valence-electron chi connectivity index (χ4n) is 2.80. The summed E-state index contributed by atoms with van der Waals surface area (Å²) in [7, 11) is 1.42. The lowest BCUT2D eigenvalue weighted by Crippen LogP contribution is -2.27. The van der Waals surface area contributed by atoms with Gasteiger partial charge in [-0.3, -0.25) is 4.79 Å². The molecule has 0 amide bonds. The number of fused-ring (bicyclic) bond motifs is 1. The standard InChI is InChI=1S/C20H21N3O2/c1-14-9-10-21-20(23-14)22-13-18(19(24)25-2)12-15-7-8-16-5-3-4-6-17(16)11-15/h3-11,18H,12-13H2,1-2H3,(H,21,22,23). The number of carbonyl (C=O) groups is 1. The maximum absolute atomic E-state index is 12.2. The Hall–Kier alpha value is -2.95. The molecule has 1 atom stereocenters. The maximum Gasteiger partial charge on any atom is 0.310 e. The van der Waals surface area contributed by atoms with Crippen LogP contribution in [0.4, 0.5) is 5.95 Å². The Morgan fingerprint density at radius 3 is 2.72 bits per heavy atom. The van der Waals surface area contributed by atoms with E-state index in [1.807, 2.05) is 25.1 Å². The summed E-state index contributed by atoms with van der Waals surface area (Å²) in [5.74, 6) is -0.0315. The molecule has 1 aromatic heterocycles.